The lowest BCUT2D eigenvalue weighted by atomic mass is 9.93. The highest BCUT2D eigenvalue weighted by Gasteiger charge is 2.41. The molecule has 0 heterocycles. The first-order valence-electron chi connectivity index (χ1n) is 9.85. The van der Waals surface area contributed by atoms with Crippen LogP contribution in [0, 0.1) is 0 Å². The summed E-state index contributed by atoms with van der Waals surface area (Å²) in [5, 5.41) is 0. The Morgan fingerprint density at radius 3 is 1.90 bits per heavy atom. The quantitative estimate of drug-likeness (QED) is 0.351. The van der Waals surface area contributed by atoms with Crippen LogP contribution in [0.25, 0.3) is 0 Å². The number of ether oxygens (including phenoxy) is 2. The molecule has 154 valence electrons. The molecule has 0 bridgehead atoms. The van der Waals surface area contributed by atoms with E-state index < -0.39 is 17.1 Å². The minimum atomic E-state index is -1.18. The molecule has 2 aromatic carbocycles. The molecule has 4 heteroatoms. The van der Waals surface area contributed by atoms with Crippen molar-refractivity contribution in [1.82, 2.24) is 0 Å². The molecule has 0 aliphatic heterocycles. The molecule has 0 aliphatic carbocycles. The lowest BCUT2D eigenvalue weighted by molar-refractivity contribution is -0.151. The highest BCUT2D eigenvalue weighted by Crippen LogP contribution is 2.26. The van der Waals surface area contributed by atoms with Crippen molar-refractivity contribution in [2.24, 2.45) is 4.99 Å². The van der Waals surface area contributed by atoms with Crippen LogP contribution in [0.1, 0.15) is 45.2 Å². The Bertz CT molecular complexity index is 794. The van der Waals surface area contributed by atoms with Gasteiger partial charge in [0.2, 0.25) is 0 Å². The van der Waals surface area contributed by atoms with Crippen LogP contribution in [0.5, 0.6) is 0 Å². The minimum Gasteiger partial charge on any atom is -0.467 e. The van der Waals surface area contributed by atoms with Gasteiger partial charge < -0.3 is 9.47 Å². The predicted octanol–water partition coefficient (Wildman–Crippen LogP) is 5.22. The van der Waals surface area contributed by atoms with Crippen molar-refractivity contribution in [2.45, 2.75) is 45.3 Å². The summed E-state index contributed by atoms with van der Waals surface area (Å²) in [4.78, 5) is 18.0. The third-order valence-electron chi connectivity index (χ3n) is 4.42. The maximum absolute atomic E-state index is 13.0. The van der Waals surface area contributed by atoms with Crippen molar-refractivity contribution in [2.75, 3.05) is 13.7 Å². The molecule has 0 aromatic heterocycles. The predicted molar refractivity (Wildman–Crippen MR) is 118 cm³/mol. The number of nitrogens with zero attached hydrogens (tertiary/aromatic N) is 1. The molecule has 1 atom stereocenters. The molecule has 1 unspecified atom stereocenters. The van der Waals surface area contributed by atoms with E-state index in [1.54, 1.807) is 0 Å². The Morgan fingerprint density at radius 2 is 1.48 bits per heavy atom. The first-order valence-corrected chi connectivity index (χ1v) is 9.85. The van der Waals surface area contributed by atoms with Gasteiger partial charge in [0.05, 0.1) is 25.0 Å². The number of allylic oxidation sites excluding steroid dienone is 1. The summed E-state index contributed by atoms with van der Waals surface area (Å²) in [5.41, 5.74) is 1.00. The minimum absolute atomic E-state index is 0.122. The van der Waals surface area contributed by atoms with Gasteiger partial charge in [0.15, 0.2) is 5.54 Å². The van der Waals surface area contributed by atoms with Crippen molar-refractivity contribution in [3.8, 4) is 0 Å². The molecule has 0 aliphatic rings. The van der Waals surface area contributed by atoms with Crippen molar-refractivity contribution < 1.29 is 14.3 Å². The Labute approximate surface area is 174 Å². The molecule has 2 aromatic rings. The molecule has 0 fully saturated rings. The molecule has 2 rings (SSSR count). The molecule has 0 spiro atoms. The zero-order valence-corrected chi connectivity index (χ0v) is 18.0. The average Bonchev–Trinajstić information content (AvgIpc) is 2.73. The van der Waals surface area contributed by atoms with Crippen molar-refractivity contribution in [3.05, 3.63) is 83.9 Å². The lowest BCUT2D eigenvalue weighted by Gasteiger charge is -2.31. The number of aliphatic imine (C=N–C) groups is 1. The molecular weight excluding hydrogens is 362 g/mol. The number of esters is 1. The largest absolute Gasteiger partial charge is 0.467 e. The molecule has 0 saturated heterocycles. The summed E-state index contributed by atoms with van der Waals surface area (Å²) < 4.78 is 11.2. The van der Waals surface area contributed by atoms with Crippen LogP contribution in [-0.4, -0.2) is 36.5 Å². The number of benzene rings is 2. The van der Waals surface area contributed by atoms with Crippen LogP contribution in [0.4, 0.5) is 0 Å². The lowest BCUT2D eigenvalue weighted by Crippen LogP contribution is -2.45. The van der Waals surface area contributed by atoms with E-state index in [0.717, 1.165) is 16.8 Å². The first-order chi connectivity index (χ1) is 13.8. The fourth-order valence-electron chi connectivity index (χ4n) is 2.87. The fraction of sp³-hybridized carbons (Fsp3) is 0.360. The Kier molecular flexibility index (Phi) is 7.91. The standard InChI is InChI=1S/C25H31NO3/c1-6-7-18-25(23(27)28-5,19-29-24(2,3)4)26-22(20-14-10-8-11-15-20)21-16-12-9-13-17-21/h6-17H,18-19H2,1-5H3. The highest BCUT2D eigenvalue weighted by molar-refractivity contribution is 6.13. The zero-order valence-electron chi connectivity index (χ0n) is 18.0. The third-order valence-corrected chi connectivity index (χ3v) is 4.42. The summed E-state index contributed by atoms with van der Waals surface area (Å²) in [7, 11) is 1.39. The number of hydrogen-bond acceptors (Lipinski definition) is 4. The van der Waals surface area contributed by atoms with Gasteiger partial charge in [0, 0.05) is 17.5 Å². The third kappa shape index (κ3) is 6.40. The average molecular weight is 394 g/mol. The molecular formula is C25H31NO3. The van der Waals surface area contributed by atoms with Crippen LogP contribution < -0.4 is 0 Å². The SMILES string of the molecule is CC=CCC(COC(C)(C)C)(N=C(c1ccccc1)c1ccccc1)C(=O)OC. The van der Waals surface area contributed by atoms with Gasteiger partial charge in [-0.1, -0.05) is 72.8 Å². The highest BCUT2D eigenvalue weighted by atomic mass is 16.5. The smallest absolute Gasteiger partial charge is 0.336 e. The van der Waals surface area contributed by atoms with Crippen LogP contribution in [0.2, 0.25) is 0 Å². The van der Waals surface area contributed by atoms with Crippen LogP contribution in [0.15, 0.2) is 77.8 Å². The number of carbonyl (C=O) groups is 1. The van der Waals surface area contributed by atoms with E-state index >= 15 is 0 Å². The fourth-order valence-corrected chi connectivity index (χ4v) is 2.87. The molecule has 0 radical (unpaired) electrons. The van der Waals surface area contributed by atoms with Crippen LogP contribution in [-0.2, 0) is 14.3 Å². The van der Waals surface area contributed by atoms with E-state index in [1.165, 1.54) is 7.11 Å². The summed E-state index contributed by atoms with van der Waals surface area (Å²) >= 11 is 0. The summed E-state index contributed by atoms with van der Waals surface area (Å²) in [6, 6.07) is 19.8. The summed E-state index contributed by atoms with van der Waals surface area (Å²) in [6.45, 7) is 7.93. The zero-order chi connectivity index (χ0) is 21.3. The van der Waals surface area contributed by atoms with E-state index in [9.17, 15) is 4.79 Å². The summed E-state index contributed by atoms with van der Waals surface area (Å²) in [5.74, 6) is -0.413. The van der Waals surface area contributed by atoms with Crippen LogP contribution >= 0.6 is 0 Å². The normalized spacial score (nSPS) is 13.7. The van der Waals surface area contributed by atoms with E-state index in [1.807, 2.05) is 101 Å². The van der Waals surface area contributed by atoms with Gasteiger partial charge in [-0.05, 0) is 27.7 Å². The van der Waals surface area contributed by atoms with E-state index in [0.29, 0.717) is 6.42 Å². The maximum Gasteiger partial charge on any atom is 0.336 e. The van der Waals surface area contributed by atoms with Gasteiger partial charge in [0.25, 0.3) is 0 Å². The van der Waals surface area contributed by atoms with Crippen molar-refractivity contribution in [3.63, 3.8) is 0 Å². The van der Waals surface area contributed by atoms with E-state index in [4.69, 9.17) is 14.5 Å². The monoisotopic (exact) mass is 393 g/mol. The number of methoxy groups -OCH3 is 1. The Balaban J connectivity index is 2.68. The second-order valence-corrected chi connectivity index (χ2v) is 7.89. The van der Waals surface area contributed by atoms with Gasteiger partial charge in [0.1, 0.15) is 0 Å². The maximum atomic E-state index is 13.0. The molecule has 4 nitrogen and oxygen atoms in total. The van der Waals surface area contributed by atoms with E-state index in [2.05, 4.69) is 0 Å². The number of rotatable bonds is 8. The van der Waals surface area contributed by atoms with Gasteiger partial charge in [-0.2, -0.15) is 0 Å². The second kappa shape index (κ2) is 10.2. The number of carbonyl (C=O) groups excluding carboxylic acids is 1. The van der Waals surface area contributed by atoms with Crippen molar-refractivity contribution >= 4 is 11.7 Å². The van der Waals surface area contributed by atoms with Crippen LogP contribution in [0.3, 0.4) is 0 Å². The molecule has 29 heavy (non-hydrogen) atoms. The van der Waals surface area contributed by atoms with Gasteiger partial charge in [-0.25, -0.2) is 4.79 Å². The van der Waals surface area contributed by atoms with Crippen molar-refractivity contribution in [1.29, 1.82) is 0 Å². The molecule has 0 amide bonds. The first kappa shape index (κ1) is 22.6. The number of hydrogen-bond donors (Lipinski definition) is 0. The summed E-state index contributed by atoms with van der Waals surface area (Å²) in [6.07, 6.45) is 4.23. The molecule has 0 N–H and O–H groups in total. The van der Waals surface area contributed by atoms with Gasteiger partial charge in [-0.3, -0.25) is 4.99 Å². The molecule has 0 saturated carbocycles. The second-order valence-electron chi connectivity index (χ2n) is 7.89. The van der Waals surface area contributed by atoms with E-state index in [-0.39, 0.29) is 6.61 Å². The topological polar surface area (TPSA) is 47.9 Å². The van der Waals surface area contributed by atoms with Gasteiger partial charge >= 0.3 is 5.97 Å². The van der Waals surface area contributed by atoms with Gasteiger partial charge in [-0.15, -0.1) is 0 Å². The Morgan fingerprint density at radius 1 is 0.966 bits per heavy atom. The Hall–Kier alpha value is -2.72.